The quantitative estimate of drug-likeness (QED) is 0.689. The lowest BCUT2D eigenvalue weighted by molar-refractivity contribution is 0.513. The minimum atomic E-state index is -0.800. The molecular weight excluding hydrogens is 234 g/mol. The van der Waals surface area contributed by atoms with Crippen molar-refractivity contribution in [2.24, 2.45) is 0 Å². The van der Waals surface area contributed by atoms with Gasteiger partial charge in [-0.2, -0.15) is 0 Å². The zero-order valence-corrected chi connectivity index (χ0v) is 7.85. The maximum atomic E-state index is 10.7. The van der Waals surface area contributed by atoms with Crippen molar-refractivity contribution in [1.29, 1.82) is 0 Å². The number of hydrogen-bond acceptors (Lipinski definition) is 2. The fraction of sp³-hybridized carbons (Fsp3) is 0. The highest BCUT2D eigenvalue weighted by molar-refractivity contribution is 6.50. The van der Waals surface area contributed by atoms with Crippen LogP contribution in [0.15, 0.2) is 9.21 Å². The summed E-state index contributed by atoms with van der Waals surface area (Å²) in [6, 6.07) is 0. The van der Waals surface area contributed by atoms with Gasteiger partial charge in [0.05, 0.1) is 5.02 Å². The Morgan fingerprint density at radius 2 is 1.45 bits per heavy atom. The Labute approximate surface area is 81.6 Å². The first-order valence-corrected chi connectivity index (χ1v) is 3.88. The molecule has 0 unspecified atom stereocenters. The number of halogens is 4. The van der Waals surface area contributed by atoms with Crippen molar-refractivity contribution in [3.63, 3.8) is 0 Å². The van der Waals surface area contributed by atoms with Gasteiger partial charge in [-0.25, -0.2) is 4.79 Å². The van der Waals surface area contributed by atoms with Crippen LogP contribution in [0.1, 0.15) is 0 Å². The van der Waals surface area contributed by atoms with E-state index >= 15 is 0 Å². The highest BCUT2D eigenvalue weighted by Crippen LogP contribution is 2.32. The van der Waals surface area contributed by atoms with Crippen LogP contribution in [-0.4, -0.2) is 0 Å². The summed E-state index contributed by atoms with van der Waals surface area (Å²) >= 11 is 21.7. The third-order valence-corrected chi connectivity index (χ3v) is 2.56. The molecule has 0 fully saturated rings. The Hall–Kier alpha value is 0.110. The standard InChI is InChI=1S/C5Cl4O2/c6-1-2(7)4(9)11-5(10)3(1)8. The van der Waals surface area contributed by atoms with E-state index in [1.165, 1.54) is 0 Å². The lowest BCUT2D eigenvalue weighted by atomic mass is 10.5. The highest BCUT2D eigenvalue weighted by Gasteiger charge is 2.13. The maximum Gasteiger partial charge on any atom is 0.357 e. The summed E-state index contributed by atoms with van der Waals surface area (Å²) in [5, 5.41) is -0.667. The SMILES string of the molecule is O=c1oc(Cl)c(Cl)c(Cl)c1Cl. The predicted molar refractivity (Wildman–Crippen MR) is 45.0 cm³/mol. The molecule has 0 saturated heterocycles. The maximum absolute atomic E-state index is 10.7. The van der Waals surface area contributed by atoms with E-state index in [1.54, 1.807) is 0 Å². The summed E-state index contributed by atoms with van der Waals surface area (Å²) in [5.74, 6) is 0. The lowest BCUT2D eigenvalue weighted by Gasteiger charge is -1.96. The van der Waals surface area contributed by atoms with Crippen molar-refractivity contribution in [2.75, 3.05) is 0 Å². The van der Waals surface area contributed by atoms with E-state index < -0.39 is 5.63 Å². The van der Waals surface area contributed by atoms with Crippen LogP contribution in [0.5, 0.6) is 0 Å². The van der Waals surface area contributed by atoms with Crippen LogP contribution in [-0.2, 0) is 0 Å². The molecule has 1 rings (SSSR count). The third kappa shape index (κ3) is 1.64. The first kappa shape index (κ1) is 9.20. The molecule has 1 aromatic heterocycles. The van der Waals surface area contributed by atoms with Crippen LogP contribution in [0.3, 0.4) is 0 Å². The molecule has 0 aliphatic rings. The van der Waals surface area contributed by atoms with Crippen LogP contribution in [0.2, 0.25) is 20.3 Å². The summed E-state index contributed by atoms with van der Waals surface area (Å²) < 4.78 is 4.38. The minimum Gasteiger partial charge on any atom is -0.408 e. The van der Waals surface area contributed by atoms with E-state index in [0.717, 1.165) is 0 Å². The number of rotatable bonds is 0. The summed E-state index contributed by atoms with van der Waals surface area (Å²) in [6.45, 7) is 0. The molecule has 0 atom stereocenters. The fourth-order valence-electron chi connectivity index (χ4n) is 0.443. The molecule has 60 valence electrons. The molecule has 0 bridgehead atoms. The molecule has 0 saturated carbocycles. The van der Waals surface area contributed by atoms with Gasteiger partial charge >= 0.3 is 5.63 Å². The van der Waals surface area contributed by atoms with Gasteiger partial charge in [0.2, 0.25) is 5.22 Å². The molecule has 0 radical (unpaired) electrons. The topological polar surface area (TPSA) is 30.2 Å². The smallest absolute Gasteiger partial charge is 0.357 e. The molecule has 11 heavy (non-hydrogen) atoms. The van der Waals surface area contributed by atoms with Crippen molar-refractivity contribution < 1.29 is 4.42 Å². The highest BCUT2D eigenvalue weighted by atomic mass is 35.5. The zero-order valence-electron chi connectivity index (χ0n) is 4.83. The second-order valence-electron chi connectivity index (χ2n) is 1.61. The second-order valence-corrected chi connectivity index (χ2v) is 3.08. The molecular formula is C5Cl4O2. The van der Waals surface area contributed by atoms with E-state index in [9.17, 15) is 4.79 Å². The minimum absolute atomic E-state index is 0.0575. The van der Waals surface area contributed by atoms with E-state index in [4.69, 9.17) is 46.4 Å². The van der Waals surface area contributed by atoms with Crippen LogP contribution in [0.25, 0.3) is 0 Å². The predicted octanol–water partition coefficient (Wildman–Crippen LogP) is 3.25. The van der Waals surface area contributed by atoms with Crippen molar-refractivity contribution in [3.8, 4) is 0 Å². The molecule has 2 nitrogen and oxygen atoms in total. The van der Waals surface area contributed by atoms with Gasteiger partial charge in [-0.15, -0.1) is 0 Å². The first-order chi connectivity index (χ1) is 5.04. The van der Waals surface area contributed by atoms with E-state index in [-0.39, 0.29) is 20.3 Å². The summed E-state index contributed by atoms with van der Waals surface area (Å²) in [5.41, 5.74) is -0.800. The molecule has 0 aliphatic heterocycles. The van der Waals surface area contributed by atoms with Gasteiger partial charge in [0, 0.05) is 0 Å². The molecule has 0 amide bonds. The summed E-state index contributed by atoms with van der Waals surface area (Å²) in [6.07, 6.45) is 0. The Balaban J connectivity index is 3.59. The van der Waals surface area contributed by atoms with Gasteiger partial charge < -0.3 is 4.42 Å². The lowest BCUT2D eigenvalue weighted by Crippen LogP contribution is -1.99. The second kappa shape index (κ2) is 3.23. The van der Waals surface area contributed by atoms with E-state index in [1.807, 2.05) is 0 Å². The van der Waals surface area contributed by atoms with Crippen molar-refractivity contribution in [3.05, 3.63) is 30.7 Å². The summed E-state index contributed by atoms with van der Waals surface area (Å²) in [7, 11) is 0. The third-order valence-electron chi connectivity index (χ3n) is 0.919. The Morgan fingerprint density at radius 3 is 2.00 bits per heavy atom. The van der Waals surface area contributed by atoms with Gasteiger partial charge in [0.1, 0.15) is 10.0 Å². The molecule has 0 aromatic carbocycles. The van der Waals surface area contributed by atoms with Crippen LogP contribution >= 0.6 is 46.4 Å². The normalized spacial score (nSPS) is 10.2. The molecule has 0 N–H and O–H groups in total. The average Bonchev–Trinajstić information content (AvgIpc) is 1.97. The molecule has 0 spiro atoms. The first-order valence-electron chi connectivity index (χ1n) is 2.37. The van der Waals surface area contributed by atoms with E-state index in [2.05, 4.69) is 4.42 Å². The monoisotopic (exact) mass is 232 g/mol. The van der Waals surface area contributed by atoms with Gasteiger partial charge in [-0.05, 0) is 11.6 Å². The van der Waals surface area contributed by atoms with Crippen LogP contribution in [0.4, 0.5) is 0 Å². The van der Waals surface area contributed by atoms with Gasteiger partial charge in [0.15, 0.2) is 0 Å². The average molecular weight is 234 g/mol. The van der Waals surface area contributed by atoms with Gasteiger partial charge in [0.25, 0.3) is 0 Å². The molecule has 6 heteroatoms. The van der Waals surface area contributed by atoms with Crippen molar-refractivity contribution in [1.82, 2.24) is 0 Å². The fourth-order valence-corrected chi connectivity index (χ4v) is 1.13. The molecule has 1 aromatic rings. The van der Waals surface area contributed by atoms with Crippen molar-refractivity contribution >= 4 is 46.4 Å². The van der Waals surface area contributed by atoms with Crippen molar-refractivity contribution in [2.45, 2.75) is 0 Å². The van der Waals surface area contributed by atoms with Gasteiger partial charge in [-0.1, -0.05) is 34.8 Å². The molecule has 1 heterocycles. The molecule has 0 aliphatic carbocycles. The Morgan fingerprint density at radius 1 is 0.909 bits per heavy atom. The zero-order chi connectivity index (χ0) is 8.59. The largest absolute Gasteiger partial charge is 0.408 e. The Bertz CT molecular complexity index is 343. The Kier molecular flexibility index (Phi) is 2.70. The van der Waals surface area contributed by atoms with E-state index in [0.29, 0.717) is 0 Å². The van der Waals surface area contributed by atoms with Crippen LogP contribution < -0.4 is 5.63 Å². The van der Waals surface area contributed by atoms with Gasteiger partial charge in [-0.3, -0.25) is 0 Å². The van der Waals surface area contributed by atoms with Crippen LogP contribution in [0, 0.1) is 0 Å². The summed E-state index contributed by atoms with van der Waals surface area (Å²) in [4.78, 5) is 10.7. The number of hydrogen-bond donors (Lipinski definition) is 0.